The predicted octanol–water partition coefficient (Wildman–Crippen LogP) is 1.55. The molecule has 0 aliphatic rings. The van der Waals surface area contributed by atoms with Crippen LogP contribution >= 0.6 is 0 Å². The summed E-state index contributed by atoms with van der Waals surface area (Å²) in [6.45, 7) is 10.2. The van der Waals surface area contributed by atoms with Crippen molar-refractivity contribution in [3.8, 4) is 0 Å². The lowest BCUT2D eigenvalue weighted by molar-refractivity contribution is 0.0671. The van der Waals surface area contributed by atoms with Crippen LogP contribution in [0.2, 0.25) is 25.7 Å². The molecule has 0 aliphatic heterocycles. The van der Waals surface area contributed by atoms with Crippen LogP contribution in [-0.4, -0.2) is 34.9 Å². The number of hydrogen-bond acceptors (Lipinski definition) is 4. The first-order valence-electron chi connectivity index (χ1n) is 5.36. The van der Waals surface area contributed by atoms with E-state index in [4.69, 9.17) is 4.74 Å². The first-order valence-corrected chi connectivity index (χ1v) is 9.06. The second kappa shape index (κ2) is 5.36. The van der Waals surface area contributed by atoms with Crippen molar-refractivity contribution in [1.29, 1.82) is 0 Å². The molecule has 6 heteroatoms. The van der Waals surface area contributed by atoms with Crippen LogP contribution in [0.1, 0.15) is 12.7 Å². The van der Waals surface area contributed by atoms with Gasteiger partial charge in [-0.25, -0.2) is 0 Å². The standard InChI is InChI=1S/C9H20N4OSi/c1-5-9-10-12-13(11-9)8-14-6-7-15(2,3)4/h5-8H2,1-4H3. The number of rotatable bonds is 6. The maximum absolute atomic E-state index is 5.49. The molecule has 0 spiro atoms. The molecule has 1 rings (SSSR count). The molecule has 15 heavy (non-hydrogen) atoms. The van der Waals surface area contributed by atoms with Crippen molar-refractivity contribution in [2.45, 2.75) is 45.8 Å². The van der Waals surface area contributed by atoms with Gasteiger partial charge in [0.25, 0.3) is 0 Å². The van der Waals surface area contributed by atoms with Gasteiger partial charge in [-0.05, 0) is 11.3 Å². The van der Waals surface area contributed by atoms with E-state index >= 15 is 0 Å². The van der Waals surface area contributed by atoms with Crippen molar-refractivity contribution in [2.24, 2.45) is 0 Å². The Morgan fingerprint density at radius 3 is 2.60 bits per heavy atom. The molecule has 1 aromatic heterocycles. The Hall–Kier alpha value is -0.753. The minimum Gasteiger partial charge on any atom is -0.358 e. The zero-order valence-electron chi connectivity index (χ0n) is 10.0. The van der Waals surface area contributed by atoms with Crippen LogP contribution in [0.3, 0.4) is 0 Å². The van der Waals surface area contributed by atoms with Gasteiger partial charge in [-0.2, -0.15) is 0 Å². The van der Waals surface area contributed by atoms with Crippen LogP contribution < -0.4 is 0 Å². The van der Waals surface area contributed by atoms with Gasteiger partial charge >= 0.3 is 0 Å². The van der Waals surface area contributed by atoms with Gasteiger partial charge in [-0.1, -0.05) is 26.6 Å². The SMILES string of the molecule is CCc1nnn(COCC[Si](C)(C)C)n1. The van der Waals surface area contributed by atoms with E-state index in [-0.39, 0.29) is 0 Å². The molecule has 86 valence electrons. The fourth-order valence-electron chi connectivity index (χ4n) is 0.997. The molecule has 0 atom stereocenters. The summed E-state index contributed by atoms with van der Waals surface area (Å²) in [5.41, 5.74) is 0. The number of aryl methyl sites for hydroxylation is 1. The van der Waals surface area contributed by atoms with E-state index in [0.29, 0.717) is 6.73 Å². The first kappa shape index (κ1) is 12.3. The topological polar surface area (TPSA) is 52.8 Å². The van der Waals surface area contributed by atoms with Gasteiger partial charge in [0.1, 0.15) is 0 Å². The summed E-state index contributed by atoms with van der Waals surface area (Å²) in [5.74, 6) is 0.767. The van der Waals surface area contributed by atoms with Gasteiger partial charge in [-0.3, -0.25) is 0 Å². The number of nitrogens with zero attached hydrogens (tertiary/aromatic N) is 4. The van der Waals surface area contributed by atoms with Crippen molar-refractivity contribution in [2.75, 3.05) is 6.61 Å². The highest BCUT2D eigenvalue weighted by atomic mass is 28.3. The smallest absolute Gasteiger partial charge is 0.174 e. The van der Waals surface area contributed by atoms with E-state index in [0.717, 1.165) is 18.9 Å². The van der Waals surface area contributed by atoms with Crippen LogP contribution in [0.4, 0.5) is 0 Å². The summed E-state index contributed by atoms with van der Waals surface area (Å²) in [6.07, 6.45) is 0.814. The van der Waals surface area contributed by atoms with Crippen molar-refractivity contribution in [3.05, 3.63) is 5.82 Å². The Kier molecular flexibility index (Phi) is 4.40. The fourth-order valence-corrected chi connectivity index (χ4v) is 1.75. The lowest BCUT2D eigenvalue weighted by Gasteiger charge is -2.14. The lowest BCUT2D eigenvalue weighted by atomic mass is 10.5. The Labute approximate surface area is 91.8 Å². The molecule has 0 aliphatic carbocycles. The summed E-state index contributed by atoms with van der Waals surface area (Å²) in [4.78, 5) is 1.50. The normalized spacial score (nSPS) is 12.0. The van der Waals surface area contributed by atoms with E-state index in [2.05, 4.69) is 35.1 Å². The maximum Gasteiger partial charge on any atom is 0.174 e. The molecule has 0 bridgehead atoms. The third-order valence-electron chi connectivity index (χ3n) is 2.01. The van der Waals surface area contributed by atoms with Crippen molar-refractivity contribution < 1.29 is 4.74 Å². The van der Waals surface area contributed by atoms with Gasteiger partial charge in [0.2, 0.25) is 0 Å². The Balaban J connectivity index is 2.20. The predicted molar refractivity (Wildman–Crippen MR) is 61.3 cm³/mol. The first-order chi connectivity index (χ1) is 7.01. The molecular formula is C9H20N4OSi. The van der Waals surface area contributed by atoms with Gasteiger partial charge in [-0.15, -0.1) is 15.0 Å². The zero-order valence-corrected chi connectivity index (χ0v) is 11.0. The lowest BCUT2D eigenvalue weighted by Crippen LogP contribution is -2.22. The van der Waals surface area contributed by atoms with Gasteiger partial charge in [0.15, 0.2) is 12.6 Å². The molecule has 5 nitrogen and oxygen atoms in total. The molecule has 0 N–H and O–H groups in total. The molecular weight excluding hydrogens is 208 g/mol. The van der Waals surface area contributed by atoms with E-state index in [9.17, 15) is 0 Å². The molecule has 0 amide bonds. The highest BCUT2D eigenvalue weighted by Crippen LogP contribution is 2.07. The summed E-state index contributed by atoms with van der Waals surface area (Å²) in [7, 11) is -0.988. The Morgan fingerprint density at radius 2 is 2.07 bits per heavy atom. The molecule has 0 saturated carbocycles. The van der Waals surface area contributed by atoms with Gasteiger partial charge in [0.05, 0.1) is 0 Å². The monoisotopic (exact) mass is 228 g/mol. The van der Waals surface area contributed by atoms with Crippen LogP contribution in [0, 0.1) is 0 Å². The largest absolute Gasteiger partial charge is 0.358 e. The van der Waals surface area contributed by atoms with Crippen LogP contribution in [0.5, 0.6) is 0 Å². The number of ether oxygens (including phenoxy) is 1. The van der Waals surface area contributed by atoms with E-state index in [1.54, 1.807) is 0 Å². The van der Waals surface area contributed by atoms with Gasteiger partial charge in [0, 0.05) is 21.1 Å². The molecule has 0 aromatic carbocycles. The van der Waals surface area contributed by atoms with Crippen molar-refractivity contribution in [3.63, 3.8) is 0 Å². The Bertz CT molecular complexity index is 295. The van der Waals surface area contributed by atoms with Crippen molar-refractivity contribution in [1.82, 2.24) is 20.2 Å². The Morgan fingerprint density at radius 1 is 1.33 bits per heavy atom. The second-order valence-electron chi connectivity index (χ2n) is 4.78. The number of tetrazole rings is 1. The summed E-state index contributed by atoms with van der Waals surface area (Å²) in [6, 6.07) is 1.17. The van der Waals surface area contributed by atoms with E-state index in [1.807, 2.05) is 6.92 Å². The zero-order chi connectivity index (χ0) is 11.3. The highest BCUT2D eigenvalue weighted by molar-refractivity contribution is 6.76. The molecule has 1 aromatic rings. The summed E-state index contributed by atoms with van der Waals surface area (Å²) < 4.78 is 5.49. The van der Waals surface area contributed by atoms with E-state index in [1.165, 1.54) is 10.8 Å². The average Bonchev–Trinajstić information content (AvgIpc) is 2.59. The second-order valence-corrected chi connectivity index (χ2v) is 10.4. The van der Waals surface area contributed by atoms with E-state index < -0.39 is 8.07 Å². The average molecular weight is 228 g/mol. The minimum absolute atomic E-state index is 0.414. The van der Waals surface area contributed by atoms with Crippen LogP contribution in [-0.2, 0) is 17.9 Å². The fraction of sp³-hybridized carbons (Fsp3) is 0.889. The molecule has 0 fully saturated rings. The molecule has 0 saturated heterocycles. The number of hydrogen-bond donors (Lipinski definition) is 0. The minimum atomic E-state index is -0.988. The highest BCUT2D eigenvalue weighted by Gasteiger charge is 2.12. The summed E-state index contributed by atoms with van der Waals surface area (Å²) >= 11 is 0. The molecule has 1 heterocycles. The third-order valence-corrected chi connectivity index (χ3v) is 3.72. The number of aromatic nitrogens is 4. The molecule has 0 radical (unpaired) electrons. The maximum atomic E-state index is 5.49. The quantitative estimate of drug-likeness (QED) is 0.547. The third kappa shape index (κ3) is 5.03. The van der Waals surface area contributed by atoms with Crippen LogP contribution in [0.25, 0.3) is 0 Å². The van der Waals surface area contributed by atoms with Crippen molar-refractivity contribution >= 4 is 8.07 Å². The molecule has 0 unspecified atom stereocenters. The van der Waals surface area contributed by atoms with Crippen LogP contribution in [0.15, 0.2) is 0 Å². The summed E-state index contributed by atoms with van der Waals surface area (Å²) in [5, 5.41) is 11.9. The van der Waals surface area contributed by atoms with Gasteiger partial charge < -0.3 is 4.74 Å².